The van der Waals surface area contributed by atoms with Crippen LogP contribution in [0.3, 0.4) is 0 Å². The molecule has 0 saturated carbocycles. The lowest BCUT2D eigenvalue weighted by atomic mass is 9.98. The molecule has 0 aromatic heterocycles. The number of benzene rings is 1. The van der Waals surface area contributed by atoms with E-state index in [0.29, 0.717) is 0 Å². The van der Waals surface area contributed by atoms with Crippen molar-refractivity contribution in [1.82, 2.24) is 4.90 Å². The van der Waals surface area contributed by atoms with Gasteiger partial charge in [-0.2, -0.15) is 0 Å². The molecule has 1 aliphatic heterocycles. The van der Waals surface area contributed by atoms with Crippen LogP contribution in [0, 0.1) is 6.92 Å². The van der Waals surface area contributed by atoms with E-state index in [1.54, 1.807) is 0 Å². The normalized spacial score (nSPS) is 18.0. The Kier molecular flexibility index (Phi) is 2.69. The average molecular weight is 187 g/mol. The summed E-state index contributed by atoms with van der Waals surface area (Å²) in [7, 11) is 2.17. The molecule has 2 rings (SSSR count). The van der Waals surface area contributed by atoms with E-state index in [1.165, 1.54) is 29.7 Å². The average Bonchev–Trinajstić information content (AvgIpc) is 2.19. The van der Waals surface area contributed by atoms with E-state index in [1.807, 2.05) is 0 Å². The van der Waals surface area contributed by atoms with E-state index in [9.17, 15) is 0 Å². The summed E-state index contributed by atoms with van der Waals surface area (Å²) in [5.74, 6) is 0. The summed E-state index contributed by atoms with van der Waals surface area (Å²) in [5, 5.41) is 0. The number of hydrogen-bond acceptors (Lipinski definition) is 1. The van der Waals surface area contributed by atoms with Crippen LogP contribution in [0.2, 0.25) is 0 Å². The molecule has 1 heterocycles. The number of nitrogens with zero attached hydrogens (tertiary/aromatic N) is 1. The Hall–Kier alpha value is -1.08. The molecule has 14 heavy (non-hydrogen) atoms. The van der Waals surface area contributed by atoms with Gasteiger partial charge in [0, 0.05) is 13.1 Å². The minimum atomic E-state index is 1.09. The van der Waals surface area contributed by atoms with Gasteiger partial charge in [-0.1, -0.05) is 35.9 Å². The molecule has 0 atom stereocenters. The van der Waals surface area contributed by atoms with Crippen molar-refractivity contribution in [3.05, 3.63) is 41.5 Å². The predicted molar refractivity (Wildman–Crippen MR) is 61.3 cm³/mol. The minimum absolute atomic E-state index is 1.09. The molecule has 0 spiro atoms. The predicted octanol–water partition coefficient (Wildman–Crippen LogP) is 2.71. The van der Waals surface area contributed by atoms with Crippen molar-refractivity contribution < 1.29 is 0 Å². The smallest absolute Gasteiger partial charge is 0.0166 e. The second kappa shape index (κ2) is 3.97. The van der Waals surface area contributed by atoms with Gasteiger partial charge in [0.25, 0.3) is 0 Å². The molecule has 0 N–H and O–H groups in total. The molecule has 1 aromatic rings. The summed E-state index contributed by atoms with van der Waals surface area (Å²) in [6.45, 7) is 4.42. The fourth-order valence-corrected chi connectivity index (χ4v) is 1.88. The topological polar surface area (TPSA) is 3.24 Å². The Morgan fingerprint density at radius 2 is 2.14 bits per heavy atom. The summed E-state index contributed by atoms with van der Waals surface area (Å²) >= 11 is 0. The molecule has 0 fully saturated rings. The first kappa shape index (κ1) is 9.47. The van der Waals surface area contributed by atoms with Gasteiger partial charge in [-0.25, -0.2) is 0 Å². The molecule has 1 heteroatoms. The maximum atomic E-state index is 2.35. The maximum Gasteiger partial charge on any atom is 0.0166 e. The first-order valence-corrected chi connectivity index (χ1v) is 5.20. The summed E-state index contributed by atoms with van der Waals surface area (Å²) in [6.07, 6.45) is 3.53. The lowest BCUT2D eigenvalue weighted by Crippen LogP contribution is -2.23. The van der Waals surface area contributed by atoms with Crippen molar-refractivity contribution in [2.24, 2.45) is 0 Å². The standard InChI is InChI=1S/C13H17N/c1-11-4-3-5-13(10-11)12-6-8-14(2)9-7-12/h3-6,10H,7-9H2,1-2H3. The second-order valence-corrected chi connectivity index (χ2v) is 4.11. The SMILES string of the molecule is Cc1cccc(C2=CCN(C)CC2)c1. The first-order chi connectivity index (χ1) is 6.75. The first-order valence-electron chi connectivity index (χ1n) is 5.20. The van der Waals surface area contributed by atoms with Crippen molar-refractivity contribution in [3.63, 3.8) is 0 Å². The number of aryl methyl sites for hydroxylation is 1. The molecule has 0 bridgehead atoms. The molecule has 1 nitrogen and oxygen atoms in total. The van der Waals surface area contributed by atoms with Crippen LogP contribution < -0.4 is 0 Å². The van der Waals surface area contributed by atoms with Crippen LogP contribution in [0.1, 0.15) is 17.5 Å². The highest BCUT2D eigenvalue weighted by molar-refractivity contribution is 5.67. The third kappa shape index (κ3) is 2.05. The summed E-state index contributed by atoms with van der Waals surface area (Å²) in [6, 6.07) is 8.78. The summed E-state index contributed by atoms with van der Waals surface area (Å²) in [5.41, 5.74) is 4.26. The van der Waals surface area contributed by atoms with Crippen molar-refractivity contribution in [2.75, 3.05) is 20.1 Å². The van der Waals surface area contributed by atoms with Crippen LogP contribution in [0.25, 0.3) is 5.57 Å². The van der Waals surface area contributed by atoms with Gasteiger partial charge in [-0.15, -0.1) is 0 Å². The third-order valence-corrected chi connectivity index (χ3v) is 2.80. The molecular formula is C13H17N. The zero-order valence-electron chi connectivity index (χ0n) is 8.96. The van der Waals surface area contributed by atoms with E-state index in [0.717, 1.165) is 6.54 Å². The van der Waals surface area contributed by atoms with E-state index >= 15 is 0 Å². The Bertz CT molecular complexity index is 352. The molecule has 0 radical (unpaired) electrons. The minimum Gasteiger partial charge on any atom is -0.302 e. The highest BCUT2D eigenvalue weighted by Gasteiger charge is 2.08. The number of likely N-dealkylation sites (N-methyl/N-ethyl adjacent to an activating group) is 1. The molecule has 74 valence electrons. The van der Waals surface area contributed by atoms with Crippen molar-refractivity contribution in [2.45, 2.75) is 13.3 Å². The zero-order valence-corrected chi connectivity index (χ0v) is 8.96. The van der Waals surface area contributed by atoms with E-state index < -0.39 is 0 Å². The monoisotopic (exact) mass is 187 g/mol. The van der Waals surface area contributed by atoms with E-state index in [-0.39, 0.29) is 0 Å². The lowest BCUT2D eigenvalue weighted by molar-refractivity contribution is 0.370. The van der Waals surface area contributed by atoms with Crippen LogP contribution in [-0.4, -0.2) is 25.0 Å². The zero-order chi connectivity index (χ0) is 9.97. The maximum absolute atomic E-state index is 2.35. The largest absolute Gasteiger partial charge is 0.302 e. The van der Waals surface area contributed by atoms with Gasteiger partial charge >= 0.3 is 0 Å². The third-order valence-electron chi connectivity index (χ3n) is 2.80. The van der Waals surface area contributed by atoms with Crippen molar-refractivity contribution >= 4 is 5.57 Å². The van der Waals surface area contributed by atoms with Crippen LogP contribution in [0.5, 0.6) is 0 Å². The van der Waals surface area contributed by atoms with Crippen LogP contribution in [-0.2, 0) is 0 Å². The Labute approximate surface area is 86.1 Å². The summed E-state index contributed by atoms with van der Waals surface area (Å²) < 4.78 is 0. The van der Waals surface area contributed by atoms with Crippen LogP contribution in [0.4, 0.5) is 0 Å². The molecule has 1 aromatic carbocycles. The van der Waals surface area contributed by atoms with Gasteiger partial charge in [0.15, 0.2) is 0 Å². The fourth-order valence-electron chi connectivity index (χ4n) is 1.88. The quantitative estimate of drug-likeness (QED) is 0.653. The number of hydrogen-bond donors (Lipinski definition) is 0. The summed E-state index contributed by atoms with van der Waals surface area (Å²) in [4.78, 5) is 2.35. The van der Waals surface area contributed by atoms with Crippen LogP contribution in [0.15, 0.2) is 30.3 Å². The fraction of sp³-hybridized carbons (Fsp3) is 0.385. The van der Waals surface area contributed by atoms with E-state index in [2.05, 4.69) is 49.2 Å². The highest BCUT2D eigenvalue weighted by atomic mass is 15.1. The van der Waals surface area contributed by atoms with Gasteiger partial charge in [0.2, 0.25) is 0 Å². The molecular weight excluding hydrogens is 170 g/mol. The van der Waals surface area contributed by atoms with Gasteiger partial charge in [-0.05, 0) is 31.5 Å². The van der Waals surface area contributed by atoms with Gasteiger partial charge in [0.05, 0.1) is 0 Å². The van der Waals surface area contributed by atoms with E-state index in [4.69, 9.17) is 0 Å². The van der Waals surface area contributed by atoms with Crippen molar-refractivity contribution in [3.8, 4) is 0 Å². The van der Waals surface area contributed by atoms with Gasteiger partial charge < -0.3 is 4.90 Å². The Balaban J connectivity index is 2.23. The highest BCUT2D eigenvalue weighted by Crippen LogP contribution is 2.22. The van der Waals surface area contributed by atoms with Crippen LogP contribution >= 0.6 is 0 Å². The Morgan fingerprint density at radius 1 is 1.29 bits per heavy atom. The lowest BCUT2D eigenvalue weighted by Gasteiger charge is -2.22. The van der Waals surface area contributed by atoms with Crippen molar-refractivity contribution in [1.29, 1.82) is 0 Å². The van der Waals surface area contributed by atoms with Gasteiger partial charge in [0.1, 0.15) is 0 Å². The molecule has 0 saturated heterocycles. The molecule has 0 unspecified atom stereocenters. The van der Waals surface area contributed by atoms with Gasteiger partial charge in [-0.3, -0.25) is 0 Å². The number of rotatable bonds is 1. The molecule has 0 aliphatic carbocycles. The molecule has 0 amide bonds. The molecule has 1 aliphatic rings. The Morgan fingerprint density at radius 3 is 2.79 bits per heavy atom. The second-order valence-electron chi connectivity index (χ2n) is 4.11.